The van der Waals surface area contributed by atoms with E-state index in [1.165, 1.54) is 5.01 Å². The molecule has 154 valence electrons. The van der Waals surface area contributed by atoms with E-state index in [0.717, 1.165) is 6.42 Å². The van der Waals surface area contributed by atoms with Crippen molar-refractivity contribution in [1.29, 1.82) is 0 Å². The van der Waals surface area contributed by atoms with Crippen LogP contribution in [0.2, 0.25) is 0 Å². The third-order valence-electron chi connectivity index (χ3n) is 3.43. The number of amides is 1. The van der Waals surface area contributed by atoms with Gasteiger partial charge in [-0.25, -0.2) is 5.43 Å². The second kappa shape index (κ2) is 15.3. The van der Waals surface area contributed by atoms with Gasteiger partial charge in [0, 0.05) is 18.5 Å². The monoisotopic (exact) mass is 396 g/mol. The van der Waals surface area contributed by atoms with Crippen molar-refractivity contribution >= 4 is 18.3 Å². The third-order valence-corrected chi connectivity index (χ3v) is 3.43. The van der Waals surface area contributed by atoms with Crippen molar-refractivity contribution in [3.8, 4) is 0 Å². The van der Waals surface area contributed by atoms with Crippen LogP contribution in [0.1, 0.15) is 26.7 Å². The van der Waals surface area contributed by atoms with E-state index in [2.05, 4.69) is 12.0 Å². The average molecular weight is 397 g/mol. The normalized spacial score (nSPS) is 15.5. The molecule has 0 spiro atoms. The molecular weight excluding hydrogens is 364 g/mol. The molecule has 26 heavy (non-hydrogen) atoms. The van der Waals surface area contributed by atoms with Gasteiger partial charge in [0.1, 0.15) is 0 Å². The summed E-state index contributed by atoms with van der Waals surface area (Å²) in [5.41, 5.74) is 3.40. The lowest BCUT2D eigenvalue weighted by Gasteiger charge is -2.26. The standard InChI is InChI=1S/C17H32N2O6.ClH/c1-4-6-18-19(17(21)14(2)3)12-15(20)13-23-9-8-22-7-5-16-24-10-11-25-16;/h15-16,18,20H,2,4-13H2,1,3H3;1H. The van der Waals surface area contributed by atoms with E-state index in [4.69, 9.17) is 18.9 Å². The van der Waals surface area contributed by atoms with E-state index >= 15 is 0 Å². The first-order valence-corrected chi connectivity index (χ1v) is 8.82. The minimum absolute atomic E-state index is 0. The maximum atomic E-state index is 12.0. The quantitative estimate of drug-likeness (QED) is 0.256. The highest BCUT2D eigenvalue weighted by Crippen LogP contribution is 2.07. The van der Waals surface area contributed by atoms with Gasteiger partial charge in [0.2, 0.25) is 0 Å². The Morgan fingerprint density at radius 2 is 1.96 bits per heavy atom. The zero-order valence-corrected chi connectivity index (χ0v) is 16.6. The number of aliphatic hydroxyl groups is 1. The summed E-state index contributed by atoms with van der Waals surface area (Å²) in [6, 6.07) is 0. The molecule has 0 aromatic rings. The molecule has 0 radical (unpaired) electrons. The van der Waals surface area contributed by atoms with Crippen LogP contribution in [0.25, 0.3) is 0 Å². The largest absolute Gasteiger partial charge is 0.389 e. The first-order valence-electron chi connectivity index (χ1n) is 8.82. The Labute approximate surface area is 162 Å². The number of hydrogen-bond acceptors (Lipinski definition) is 7. The maximum absolute atomic E-state index is 12.0. The molecule has 0 aromatic carbocycles. The summed E-state index contributed by atoms with van der Waals surface area (Å²) in [6.07, 6.45) is 0.632. The third kappa shape index (κ3) is 11.1. The van der Waals surface area contributed by atoms with Crippen LogP contribution in [0, 0.1) is 0 Å². The number of rotatable bonds is 14. The van der Waals surface area contributed by atoms with Gasteiger partial charge in [-0.1, -0.05) is 13.5 Å². The van der Waals surface area contributed by atoms with Crippen LogP contribution < -0.4 is 5.43 Å². The minimum Gasteiger partial charge on any atom is -0.389 e. The number of nitrogens with one attached hydrogen (secondary N) is 1. The topological polar surface area (TPSA) is 89.5 Å². The summed E-state index contributed by atoms with van der Waals surface area (Å²) in [6.45, 7) is 10.8. The lowest BCUT2D eigenvalue weighted by Crippen LogP contribution is -2.48. The van der Waals surface area contributed by atoms with Gasteiger partial charge in [0.05, 0.1) is 52.3 Å². The fourth-order valence-electron chi connectivity index (χ4n) is 2.15. The maximum Gasteiger partial charge on any atom is 0.263 e. The van der Waals surface area contributed by atoms with E-state index in [1.54, 1.807) is 6.92 Å². The van der Waals surface area contributed by atoms with Crippen molar-refractivity contribution < 1.29 is 28.8 Å². The molecule has 1 aliphatic rings. The number of carbonyl (C=O) groups excluding carboxylic acids is 1. The molecule has 1 amide bonds. The molecule has 8 nitrogen and oxygen atoms in total. The summed E-state index contributed by atoms with van der Waals surface area (Å²) in [4.78, 5) is 12.0. The molecule has 9 heteroatoms. The first kappa shape index (κ1) is 25.3. The molecule has 0 aromatic heterocycles. The SMILES string of the molecule is C=C(C)C(=O)N(CC(O)COCCOCCC1OCCO1)NCCC.Cl. The summed E-state index contributed by atoms with van der Waals surface area (Å²) in [7, 11) is 0. The number of nitrogens with zero attached hydrogens (tertiary/aromatic N) is 1. The molecule has 1 fully saturated rings. The molecule has 0 aliphatic carbocycles. The summed E-state index contributed by atoms with van der Waals surface area (Å²) in [5, 5.41) is 11.4. The molecule has 2 N–H and O–H groups in total. The summed E-state index contributed by atoms with van der Waals surface area (Å²) < 4.78 is 21.4. The Balaban J connectivity index is 0.00000625. The van der Waals surface area contributed by atoms with E-state index < -0.39 is 6.10 Å². The molecule has 1 saturated heterocycles. The number of hydrogen-bond donors (Lipinski definition) is 2. The van der Waals surface area contributed by atoms with Gasteiger partial charge in [-0.2, -0.15) is 0 Å². The zero-order valence-electron chi connectivity index (χ0n) is 15.8. The number of ether oxygens (including phenoxy) is 4. The lowest BCUT2D eigenvalue weighted by molar-refractivity contribution is -0.132. The van der Waals surface area contributed by atoms with Crippen LogP contribution >= 0.6 is 12.4 Å². The van der Waals surface area contributed by atoms with Crippen molar-refractivity contribution in [2.75, 3.05) is 52.7 Å². The van der Waals surface area contributed by atoms with Gasteiger partial charge in [-0.15, -0.1) is 12.4 Å². The van der Waals surface area contributed by atoms with Gasteiger partial charge in [-0.3, -0.25) is 9.80 Å². The van der Waals surface area contributed by atoms with Crippen LogP contribution in [0.4, 0.5) is 0 Å². The molecule has 0 bridgehead atoms. The van der Waals surface area contributed by atoms with Crippen molar-refractivity contribution in [3.05, 3.63) is 12.2 Å². The van der Waals surface area contributed by atoms with Crippen molar-refractivity contribution in [2.45, 2.75) is 39.1 Å². The van der Waals surface area contributed by atoms with Crippen LogP contribution in [0.5, 0.6) is 0 Å². The van der Waals surface area contributed by atoms with Crippen molar-refractivity contribution in [1.82, 2.24) is 10.4 Å². The predicted molar refractivity (Wildman–Crippen MR) is 100 cm³/mol. The number of hydrazine groups is 1. The van der Waals surface area contributed by atoms with E-state index in [9.17, 15) is 9.90 Å². The fraction of sp³-hybridized carbons (Fsp3) is 0.824. The first-order chi connectivity index (χ1) is 12.0. The molecular formula is C17H33ClN2O6. The fourth-order valence-corrected chi connectivity index (χ4v) is 2.15. The second-order valence-corrected chi connectivity index (χ2v) is 5.91. The Bertz CT molecular complexity index is 393. The molecule has 1 heterocycles. The van der Waals surface area contributed by atoms with E-state index in [-0.39, 0.29) is 37.8 Å². The summed E-state index contributed by atoms with van der Waals surface area (Å²) >= 11 is 0. The highest BCUT2D eigenvalue weighted by Gasteiger charge is 2.18. The van der Waals surface area contributed by atoms with Crippen molar-refractivity contribution in [3.63, 3.8) is 0 Å². The smallest absolute Gasteiger partial charge is 0.263 e. The molecule has 1 rings (SSSR count). The van der Waals surface area contributed by atoms with Gasteiger partial charge < -0.3 is 24.1 Å². The van der Waals surface area contributed by atoms with Crippen molar-refractivity contribution in [2.24, 2.45) is 0 Å². The van der Waals surface area contributed by atoms with E-state index in [0.29, 0.717) is 51.6 Å². The Morgan fingerprint density at radius 3 is 2.58 bits per heavy atom. The second-order valence-electron chi connectivity index (χ2n) is 5.91. The Hall–Kier alpha value is -0.740. The van der Waals surface area contributed by atoms with Crippen LogP contribution in [-0.4, -0.2) is 81.1 Å². The van der Waals surface area contributed by atoms with Crippen LogP contribution in [-0.2, 0) is 23.7 Å². The highest BCUT2D eigenvalue weighted by atomic mass is 35.5. The molecule has 0 saturated carbocycles. The minimum atomic E-state index is -0.784. The Morgan fingerprint density at radius 1 is 1.31 bits per heavy atom. The predicted octanol–water partition coefficient (Wildman–Crippen LogP) is 0.885. The van der Waals surface area contributed by atoms with Gasteiger partial charge >= 0.3 is 0 Å². The van der Waals surface area contributed by atoms with Gasteiger partial charge in [0.15, 0.2) is 6.29 Å². The summed E-state index contributed by atoms with van der Waals surface area (Å²) in [5.74, 6) is -0.229. The van der Waals surface area contributed by atoms with E-state index in [1.807, 2.05) is 6.92 Å². The van der Waals surface area contributed by atoms with Crippen LogP contribution in [0.15, 0.2) is 12.2 Å². The van der Waals surface area contributed by atoms with Gasteiger partial charge in [0.25, 0.3) is 5.91 Å². The average Bonchev–Trinajstić information content (AvgIpc) is 3.10. The molecule has 1 unspecified atom stereocenters. The highest BCUT2D eigenvalue weighted by molar-refractivity contribution is 5.91. The number of aliphatic hydroxyl groups excluding tert-OH is 1. The van der Waals surface area contributed by atoms with Gasteiger partial charge in [-0.05, 0) is 13.3 Å². The molecule has 1 atom stereocenters. The number of halogens is 1. The number of carbonyl (C=O) groups is 1. The molecule has 1 aliphatic heterocycles. The Kier molecular flexibility index (Phi) is 14.9. The van der Waals surface area contributed by atoms with Crippen LogP contribution in [0.3, 0.4) is 0 Å². The zero-order chi connectivity index (χ0) is 18.5. The lowest BCUT2D eigenvalue weighted by atomic mass is 10.3.